The smallest absolute Gasteiger partial charge is 0.223 e. The molecule has 0 radical (unpaired) electrons. The van der Waals surface area contributed by atoms with Crippen LogP contribution in [0.1, 0.15) is 5.56 Å². The molecule has 5 heteroatoms. The van der Waals surface area contributed by atoms with E-state index in [0.29, 0.717) is 5.56 Å². The molecule has 1 aromatic carbocycles. The summed E-state index contributed by atoms with van der Waals surface area (Å²) in [6.45, 7) is 1.74. The van der Waals surface area contributed by atoms with Gasteiger partial charge in [-0.3, -0.25) is 0 Å². The van der Waals surface area contributed by atoms with Crippen LogP contribution in [0.2, 0.25) is 5.28 Å². The van der Waals surface area contributed by atoms with E-state index in [1.165, 1.54) is 12.1 Å². The molecule has 0 saturated carbocycles. The number of hydrogen-bond acceptors (Lipinski definition) is 2. The molecule has 0 aliphatic heterocycles. The maximum Gasteiger partial charge on any atom is 0.223 e. The van der Waals surface area contributed by atoms with Gasteiger partial charge in [0, 0.05) is 5.56 Å². The highest BCUT2D eigenvalue weighted by atomic mass is 35.5. The van der Waals surface area contributed by atoms with E-state index in [1.54, 1.807) is 13.0 Å². The van der Waals surface area contributed by atoms with Crippen LogP contribution in [0.15, 0.2) is 24.4 Å². The average molecular weight is 241 g/mol. The first-order valence-corrected chi connectivity index (χ1v) is 4.90. The number of halogens is 3. The first-order valence-electron chi connectivity index (χ1n) is 4.52. The van der Waals surface area contributed by atoms with Crippen molar-refractivity contribution in [3.63, 3.8) is 0 Å². The minimum Gasteiger partial charge on any atom is -0.223 e. The number of hydrogen-bond donors (Lipinski definition) is 0. The van der Waals surface area contributed by atoms with Crippen LogP contribution in [0.3, 0.4) is 0 Å². The monoisotopic (exact) mass is 240 g/mol. The summed E-state index contributed by atoms with van der Waals surface area (Å²) in [5.41, 5.74) is 1.11. The van der Waals surface area contributed by atoms with Crippen molar-refractivity contribution in [3.8, 4) is 11.3 Å². The molecule has 1 aromatic heterocycles. The lowest BCUT2D eigenvalue weighted by Crippen LogP contribution is -1.95. The van der Waals surface area contributed by atoms with Gasteiger partial charge in [-0.15, -0.1) is 0 Å². The van der Waals surface area contributed by atoms with Gasteiger partial charge < -0.3 is 0 Å². The quantitative estimate of drug-likeness (QED) is 0.714. The van der Waals surface area contributed by atoms with Crippen LogP contribution in [0, 0.1) is 18.6 Å². The van der Waals surface area contributed by atoms with Gasteiger partial charge in [0.05, 0.1) is 6.20 Å². The Morgan fingerprint density at radius 1 is 1.25 bits per heavy atom. The SMILES string of the molecule is Cc1ccc(F)cc1-c1nc(Cl)ncc1F. The number of aromatic nitrogens is 2. The average Bonchev–Trinajstić information content (AvgIpc) is 2.25. The van der Waals surface area contributed by atoms with Gasteiger partial charge in [0.25, 0.3) is 0 Å². The first-order chi connectivity index (χ1) is 7.58. The second-order valence-corrected chi connectivity index (χ2v) is 3.63. The Balaban J connectivity index is 2.66. The lowest BCUT2D eigenvalue weighted by molar-refractivity contribution is 0.615. The molecule has 0 atom stereocenters. The highest BCUT2D eigenvalue weighted by molar-refractivity contribution is 6.28. The summed E-state index contributed by atoms with van der Waals surface area (Å²) in [5.74, 6) is -1.08. The molecule has 1 heterocycles. The number of nitrogens with zero attached hydrogens (tertiary/aromatic N) is 2. The second kappa shape index (κ2) is 4.14. The van der Waals surface area contributed by atoms with Crippen LogP contribution in [0.5, 0.6) is 0 Å². The fourth-order valence-corrected chi connectivity index (χ4v) is 1.52. The highest BCUT2D eigenvalue weighted by Crippen LogP contribution is 2.25. The zero-order valence-electron chi connectivity index (χ0n) is 8.34. The standard InChI is InChI=1S/C11H7ClF2N2/c1-6-2-3-7(13)4-8(6)10-9(14)5-15-11(12)16-10/h2-5H,1H3. The largest absolute Gasteiger partial charge is 0.223 e. The van der Waals surface area contributed by atoms with Crippen LogP contribution in [-0.2, 0) is 0 Å². The zero-order chi connectivity index (χ0) is 11.7. The Hall–Kier alpha value is -1.55. The van der Waals surface area contributed by atoms with Gasteiger partial charge in [-0.1, -0.05) is 6.07 Å². The molecule has 0 spiro atoms. The van der Waals surface area contributed by atoms with Gasteiger partial charge in [-0.25, -0.2) is 18.7 Å². The Morgan fingerprint density at radius 3 is 2.75 bits per heavy atom. The summed E-state index contributed by atoms with van der Waals surface area (Å²) in [6, 6.07) is 4.08. The summed E-state index contributed by atoms with van der Waals surface area (Å²) < 4.78 is 26.5. The van der Waals surface area contributed by atoms with Crippen molar-refractivity contribution in [3.05, 3.63) is 46.9 Å². The zero-order valence-corrected chi connectivity index (χ0v) is 9.09. The molecule has 0 aliphatic carbocycles. The first kappa shape index (κ1) is 11.0. The van der Waals surface area contributed by atoms with Gasteiger partial charge in [-0.05, 0) is 36.2 Å². The van der Waals surface area contributed by atoms with E-state index in [4.69, 9.17) is 11.6 Å². The van der Waals surface area contributed by atoms with E-state index in [0.717, 1.165) is 11.8 Å². The van der Waals surface area contributed by atoms with Crippen LogP contribution in [-0.4, -0.2) is 9.97 Å². The van der Waals surface area contributed by atoms with Gasteiger partial charge in [0.1, 0.15) is 11.5 Å². The van der Waals surface area contributed by atoms with Crippen molar-refractivity contribution in [1.82, 2.24) is 9.97 Å². The molecule has 2 nitrogen and oxygen atoms in total. The van der Waals surface area contributed by atoms with Crippen molar-refractivity contribution in [2.24, 2.45) is 0 Å². The fourth-order valence-electron chi connectivity index (χ4n) is 1.38. The van der Waals surface area contributed by atoms with Crippen LogP contribution < -0.4 is 0 Å². The lowest BCUT2D eigenvalue weighted by atomic mass is 10.1. The Labute approximate surface area is 95.9 Å². The molecule has 0 fully saturated rings. The topological polar surface area (TPSA) is 25.8 Å². The summed E-state index contributed by atoms with van der Waals surface area (Å²) >= 11 is 5.58. The summed E-state index contributed by atoms with van der Waals surface area (Å²) in [4.78, 5) is 7.26. The molecule has 82 valence electrons. The number of rotatable bonds is 1. The maximum absolute atomic E-state index is 13.5. The third-order valence-corrected chi connectivity index (χ3v) is 2.35. The predicted octanol–water partition coefficient (Wildman–Crippen LogP) is 3.38. The minimum atomic E-state index is -0.627. The van der Waals surface area contributed by atoms with Gasteiger partial charge in [0.15, 0.2) is 5.82 Å². The highest BCUT2D eigenvalue weighted by Gasteiger charge is 2.11. The fraction of sp³-hybridized carbons (Fsp3) is 0.0909. The maximum atomic E-state index is 13.5. The van der Waals surface area contributed by atoms with Crippen molar-refractivity contribution >= 4 is 11.6 Å². The molecule has 0 saturated heterocycles. The molecular formula is C11H7ClF2N2. The molecule has 0 aliphatic rings. The minimum absolute atomic E-state index is 0.0111. The number of aryl methyl sites for hydroxylation is 1. The molecule has 16 heavy (non-hydrogen) atoms. The van der Waals surface area contributed by atoms with Gasteiger partial charge in [0.2, 0.25) is 5.28 Å². The van der Waals surface area contributed by atoms with E-state index in [-0.39, 0.29) is 11.0 Å². The molecule has 0 N–H and O–H groups in total. The van der Waals surface area contributed by atoms with Gasteiger partial charge in [-0.2, -0.15) is 0 Å². The predicted molar refractivity (Wildman–Crippen MR) is 57.1 cm³/mol. The third-order valence-electron chi connectivity index (χ3n) is 2.17. The van der Waals surface area contributed by atoms with E-state index in [9.17, 15) is 8.78 Å². The normalized spacial score (nSPS) is 10.5. The van der Waals surface area contributed by atoms with Crippen LogP contribution in [0.4, 0.5) is 8.78 Å². The third kappa shape index (κ3) is 2.02. The van der Waals surface area contributed by atoms with E-state index >= 15 is 0 Å². The molecule has 0 unspecified atom stereocenters. The second-order valence-electron chi connectivity index (χ2n) is 3.29. The van der Waals surface area contributed by atoms with Crippen LogP contribution in [0.25, 0.3) is 11.3 Å². The molecule has 2 aromatic rings. The van der Waals surface area contributed by atoms with E-state index in [1.807, 2.05) is 0 Å². The summed E-state index contributed by atoms with van der Waals surface area (Å²) in [7, 11) is 0. The van der Waals surface area contributed by atoms with E-state index in [2.05, 4.69) is 9.97 Å². The van der Waals surface area contributed by atoms with Crippen molar-refractivity contribution < 1.29 is 8.78 Å². The van der Waals surface area contributed by atoms with Crippen LogP contribution >= 0.6 is 11.6 Å². The molecule has 0 amide bonds. The molecular weight excluding hydrogens is 234 g/mol. The van der Waals surface area contributed by atoms with E-state index < -0.39 is 11.6 Å². The van der Waals surface area contributed by atoms with Crippen molar-refractivity contribution in [1.29, 1.82) is 0 Å². The summed E-state index contributed by atoms with van der Waals surface area (Å²) in [6.07, 6.45) is 0.967. The number of benzene rings is 1. The van der Waals surface area contributed by atoms with Crippen molar-refractivity contribution in [2.45, 2.75) is 6.92 Å². The van der Waals surface area contributed by atoms with Crippen molar-refractivity contribution in [2.75, 3.05) is 0 Å². The molecule has 0 bridgehead atoms. The Morgan fingerprint density at radius 2 is 2.00 bits per heavy atom. The summed E-state index contributed by atoms with van der Waals surface area (Å²) in [5, 5.41) is -0.0694. The lowest BCUT2D eigenvalue weighted by Gasteiger charge is -2.06. The Bertz CT molecular complexity index is 494. The van der Waals surface area contributed by atoms with Gasteiger partial charge >= 0.3 is 0 Å². The molecule has 2 rings (SSSR count). The Kier molecular flexibility index (Phi) is 2.83.